The summed E-state index contributed by atoms with van der Waals surface area (Å²) < 4.78 is 10.8. The van der Waals surface area contributed by atoms with E-state index in [1.165, 1.54) is 0 Å². The minimum Gasteiger partial charge on any atom is -0.454 e. The molecule has 1 amide bonds. The summed E-state index contributed by atoms with van der Waals surface area (Å²) in [5.41, 5.74) is 6.65. The van der Waals surface area contributed by atoms with Gasteiger partial charge >= 0.3 is 0 Å². The van der Waals surface area contributed by atoms with Gasteiger partial charge in [-0.3, -0.25) is 4.79 Å². The lowest BCUT2D eigenvalue weighted by atomic mass is 9.81. The number of benzene rings is 1. The second-order valence-electron chi connectivity index (χ2n) is 5.82. The lowest BCUT2D eigenvalue weighted by Crippen LogP contribution is -2.34. The largest absolute Gasteiger partial charge is 0.454 e. The molecule has 0 aromatic heterocycles. The van der Waals surface area contributed by atoms with E-state index in [9.17, 15) is 4.79 Å². The van der Waals surface area contributed by atoms with E-state index in [1.807, 2.05) is 18.2 Å². The molecule has 0 bridgehead atoms. The molecule has 5 nitrogen and oxygen atoms in total. The average molecular weight is 290 g/mol. The van der Waals surface area contributed by atoms with Crippen molar-refractivity contribution in [3.05, 3.63) is 23.8 Å². The number of hydrogen-bond donors (Lipinski definition) is 2. The summed E-state index contributed by atoms with van der Waals surface area (Å²) in [4.78, 5) is 12.3. The summed E-state index contributed by atoms with van der Waals surface area (Å²) in [6.45, 7) is 1.48. The molecule has 1 aromatic carbocycles. The van der Waals surface area contributed by atoms with Gasteiger partial charge in [0.05, 0.1) is 0 Å². The van der Waals surface area contributed by atoms with Crippen molar-refractivity contribution in [1.29, 1.82) is 0 Å². The molecule has 5 heteroatoms. The van der Waals surface area contributed by atoms with E-state index < -0.39 is 0 Å². The minimum atomic E-state index is 0.127. The summed E-state index contributed by atoms with van der Waals surface area (Å²) in [5, 5.41) is 3.03. The number of amides is 1. The van der Waals surface area contributed by atoms with Gasteiger partial charge in [0.15, 0.2) is 11.5 Å². The Labute approximate surface area is 124 Å². The van der Waals surface area contributed by atoms with Gasteiger partial charge in [-0.1, -0.05) is 12.1 Å². The van der Waals surface area contributed by atoms with Crippen molar-refractivity contribution in [1.82, 2.24) is 5.32 Å². The fraction of sp³-hybridized carbons (Fsp3) is 0.562. The lowest BCUT2D eigenvalue weighted by molar-refractivity contribution is -0.126. The van der Waals surface area contributed by atoms with Gasteiger partial charge in [-0.2, -0.15) is 0 Å². The van der Waals surface area contributed by atoms with Crippen LogP contribution >= 0.6 is 0 Å². The summed E-state index contributed by atoms with van der Waals surface area (Å²) in [6.07, 6.45) is 4.01. The van der Waals surface area contributed by atoms with E-state index >= 15 is 0 Å². The Balaban J connectivity index is 1.54. The summed E-state index contributed by atoms with van der Waals surface area (Å²) in [7, 11) is 0. The van der Waals surface area contributed by atoms with Crippen LogP contribution in [0.1, 0.15) is 31.2 Å². The zero-order chi connectivity index (χ0) is 14.7. The zero-order valence-corrected chi connectivity index (χ0v) is 12.1. The first-order valence-electron chi connectivity index (χ1n) is 7.63. The van der Waals surface area contributed by atoms with Crippen LogP contribution in [-0.2, 0) is 11.3 Å². The Morgan fingerprint density at radius 1 is 1.24 bits per heavy atom. The maximum absolute atomic E-state index is 12.3. The van der Waals surface area contributed by atoms with Crippen LogP contribution in [0.15, 0.2) is 18.2 Å². The summed E-state index contributed by atoms with van der Waals surface area (Å²) >= 11 is 0. The highest BCUT2D eigenvalue weighted by Crippen LogP contribution is 2.35. The molecule has 1 heterocycles. The molecule has 3 N–H and O–H groups in total. The van der Waals surface area contributed by atoms with Gasteiger partial charge in [0, 0.05) is 18.0 Å². The Bertz CT molecular complexity index is 510. The van der Waals surface area contributed by atoms with Crippen LogP contribution in [0, 0.1) is 11.8 Å². The van der Waals surface area contributed by atoms with Crippen molar-refractivity contribution in [2.45, 2.75) is 32.2 Å². The smallest absolute Gasteiger partial charge is 0.231 e. The van der Waals surface area contributed by atoms with Crippen molar-refractivity contribution >= 4 is 5.91 Å². The van der Waals surface area contributed by atoms with E-state index in [2.05, 4.69) is 5.32 Å². The predicted molar refractivity (Wildman–Crippen MR) is 78.9 cm³/mol. The quantitative estimate of drug-likeness (QED) is 0.886. The van der Waals surface area contributed by atoms with Crippen LogP contribution in [-0.4, -0.2) is 19.2 Å². The van der Waals surface area contributed by atoms with Crippen LogP contribution in [0.2, 0.25) is 0 Å². The molecule has 2 aliphatic rings. The SMILES string of the molecule is NCC1CCC(C(=O)NCc2cccc3c2OCO3)CC1. The molecule has 0 unspecified atom stereocenters. The Kier molecular flexibility index (Phi) is 4.29. The number of nitrogens with one attached hydrogen (secondary N) is 1. The third-order valence-corrected chi connectivity index (χ3v) is 4.48. The van der Waals surface area contributed by atoms with Crippen molar-refractivity contribution in [3.8, 4) is 11.5 Å². The second kappa shape index (κ2) is 6.35. The molecule has 0 spiro atoms. The predicted octanol–water partition coefficient (Wildman–Crippen LogP) is 1.80. The van der Waals surface area contributed by atoms with Crippen LogP contribution in [0.4, 0.5) is 0 Å². The molecule has 0 saturated heterocycles. The molecule has 21 heavy (non-hydrogen) atoms. The number of para-hydroxylation sites is 1. The van der Waals surface area contributed by atoms with Crippen molar-refractivity contribution in [2.24, 2.45) is 17.6 Å². The van der Waals surface area contributed by atoms with Gasteiger partial charge < -0.3 is 20.5 Å². The molecule has 0 radical (unpaired) electrons. The van der Waals surface area contributed by atoms with E-state index in [-0.39, 0.29) is 18.6 Å². The van der Waals surface area contributed by atoms with Gasteiger partial charge in [-0.15, -0.1) is 0 Å². The Morgan fingerprint density at radius 3 is 2.81 bits per heavy atom. The second-order valence-corrected chi connectivity index (χ2v) is 5.82. The van der Waals surface area contributed by atoms with E-state index in [0.717, 1.165) is 49.3 Å². The molecule has 1 fully saturated rings. The molecular weight excluding hydrogens is 268 g/mol. The lowest BCUT2D eigenvalue weighted by Gasteiger charge is -2.26. The third kappa shape index (κ3) is 3.13. The van der Waals surface area contributed by atoms with Gasteiger partial charge in [0.1, 0.15) is 0 Å². The molecule has 3 rings (SSSR count). The van der Waals surface area contributed by atoms with Gasteiger partial charge in [-0.05, 0) is 44.2 Å². The van der Waals surface area contributed by atoms with E-state index in [0.29, 0.717) is 12.5 Å². The van der Waals surface area contributed by atoms with E-state index in [4.69, 9.17) is 15.2 Å². The van der Waals surface area contributed by atoms with Crippen molar-refractivity contribution in [3.63, 3.8) is 0 Å². The van der Waals surface area contributed by atoms with Crippen LogP contribution < -0.4 is 20.5 Å². The standard InChI is InChI=1S/C16H22N2O3/c17-8-11-4-6-12(7-5-11)16(19)18-9-13-2-1-3-14-15(13)21-10-20-14/h1-3,11-12H,4-10,17H2,(H,18,19). The van der Waals surface area contributed by atoms with E-state index in [1.54, 1.807) is 0 Å². The normalized spacial score (nSPS) is 23.9. The fourth-order valence-electron chi connectivity index (χ4n) is 3.12. The van der Waals surface area contributed by atoms with Gasteiger partial charge in [0.2, 0.25) is 12.7 Å². The molecule has 1 aromatic rings. The fourth-order valence-corrected chi connectivity index (χ4v) is 3.12. The maximum atomic E-state index is 12.3. The number of carbonyl (C=O) groups is 1. The topological polar surface area (TPSA) is 73.6 Å². The highest BCUT2D eigenvalue weighted by Gasteiger charge is 2.26. The first kappa shape index (κ1) is 14.2. The monoisotopic (exact) mass is 290 g/mol. The summed E-state index contributed by atoms with van der Waals surface area (Å²) in [6, 6.07) is 5.75. The maximum Gasteiger partial charge on any atom is 0.231 e. The molecule has 0 atom stereocenters. The van der Waals surface area contributed by atoms with Crippen LogP contribution in [0.5, 0.6) is 11.5 Å². The summed E-state index contributed by atoms with van der Waals surface area (Å²) in [5.74, 6) is 2.37. The number of ether oxygens (including phenoxy) is 2. The number of nitrogens with two attached hydrogens (primary N) is 1. The number of fused-ring (bicyclic) bond motifs is 1. The number of carbonyl (C=O) groups excluding carboxylic acids is 1. The third-order valence-electron chi connectivity index (χ3n) is 4.48. The highest BCUT2D eigenvalue weighted by atomic mass is 16.7. The zero-order valence-electron chi connectivity index (χ0n) is 12.1. The van der Waals surface area contributed by atoms with Crippen LogP contribution in [0.25, 0.3) is 0 Å². The molecule has 1 aliphatic heterocycles. The van der Waals surface area contributed by atoms with Crippen LogP contribution in [0.3, 0.4) is 0 Å². The number of rotatable bonds is 4. The Morgan fingerprint density at radius 2 is 2.05 bits per heavy atom. The molecule has 1 saturated carbocycles. The first-order valence-corrected chi connectivity index (χ1v) is 7.63. The molecule has 114 valence electrons. The minimum absolute atomic E-state index is 0.127. The van der Waals surface area contributed by atoms with Gasteiger partial charge in [0.25, 0.3) is 0 Å². The average Bonchev–Trinajstić information content (AvgIpc) is 3.02. The van der Waals surface area contributed by atoms with Crippen molar-refractivity contribution in [2.75, 3.05) is 13.3 Å². The van der Waals surface area contributed by atoms with Gasteiger partial charge in [-0.25, -0.2) is 0 Å². The first-order chi connectivity index (χ1) is 10.3. The number of hydrogen-bond acceptors (Lipinski definition) is 4. The Hall–Kier alpha value is -1.75. The highest BCUT2D eigenvalue weighted by molar-refractivity contribution is 5.78. The molecular formula is C16H22N2O3. The molecule has 1 aliphatic carbocycles. The van der Waals surface area contributed by atoms with Crippen molar-refractivity contribution < 1.29 is 14.3 Å².